The molecule has 27 heavy (non-hydrogen) atoms. The molecule has 2 saturated carbocycles. The van der Waals surface area contributed by atoms with Crippen molar-refractivity contribution in [2.45, 2.75) is 57.4 Å². The van der Waals surface area contributed by atoms with Crippen LogP contribution in [0.3, 0.4) is 0 Å². The van der Waals surface area contributed by atoms with E-state index in [4.69, 9.17) is 5.26 Å². The Bertz CT molecular complexity index is 871. The number of carbonyl (C=O) groups excluding carboxylic acids is 1. The molecular weight excluding hydrogens is 362 g/mol. The molecule has 6 nitrogen and oxygen atoms in total. The maximum absolute atomic E-state index is 12.7. The highest BCUT2D eigenvalue weighted by Crippen LogP contribution is 2.65. The molecule has 2 aliphatic carbocycles. The molecule has 2 bridgehead atoms. The summed E-state index contributed by atoms with van der Waals surface area (Å²) >= 11 is 0. The summed E-state index contributed by atoms with van der Waals surface area (Å²) < 4.78 is 26.7. The van der Waals surface area contributed by atoms with E-state index in [0.717, 1.165) is 12.8 Å². The highest BCUT2D eigenvalue weighted by Gasteiger charge is 2.61. The van der Waals surface area contributed by atoms with Gasteiger partial charge in [-0.3, -0.25) is 4.79 Å². The molecule has 2 fully saturated rings. The SMILES string of the molecule is CC1(C)C2CCC1(C)C(NC(=O)c1ccc(S(=O)(=O)NCCC#N)cc1)C2. The van der Waals surface area contributed by atoms with Crippen LogP contribution in [0.1, 0.15) is 56.8 Å². The molecule has 0 aliphatic heterocycles. The van der Waals surface area contributed by atoms with Gasteiger partial charge in [0.25, 0.3) is 5.91 Å². The standard InChI is InChI=1S/C20H27N3O3S/c1-19(2)15-9-10-20(19,3)17(13-15)23-18(24)14-5-7-16(8-6-14)27(25,26)22-12-4-11-21/h5-8,15,17,22H,4,9-10,12-13H2,1-3H3,(H,23,24). The van der Waals surface area contributed by atoms with Gasteiger partial charge in [0, 0.05) is 24.6 Å². The maximum atomic E-state index is 12.7. The predicted molar refractivity (Wildman–Crippen MR) is 102 cm³/mol. The van der Waals surface area contributed by atoms with Gasteiger partial charge in [0.15, 0.2) is 0 Å². The minimum absolute atomic E-state index is 0.0677. The molecule has 1 aromatic carbocycles. The monoisotopic (exact) mass is 389 g/mol. The van der Waals surface area contributed by atoms with Gasteiger partial charge in [0.1, 0.15) is 0 Å². The first-order chi connectivity index (χ1) is 12.6. The van der Waals surface area contributed by atoms with Crippen LogP contribution in [0.15, 0.2) is 29.2 Å². The quantitative estimate of drug-likeness (QED) is 0.731. The molecule has 2 aliphatic rings. The lowest BCUT2D eigenvalue weighted by molar-refractivity contribution is 0.0826. The lowest BCUT2D eigenvalue weighted by Crippen LogP contribution is -2.46. The van der Waals surface area contributed by atoms with Crippen LogP contribution < -0.4 is 10.0 Å². The van der Waals surface area contributed by atoms with E-state index in [0.29, 0.717) is 11.5 Å². The van der Waals surface area contributed by atoms with Crippen molar-refractivity contribution in [3.63, 3.8) is 0 Å². The summed E-state index contributed by atoms with van der Waals surface area (Å²) in [6, 6.07) is 7.96. The van der Waals surface area contributed by atoms with Crippen molar-refractivity contribution >= 4 is 15.9 Å². The summed E-state index contributed by atoms with van der Waals surface area (Å²) in [6.07, 6.45) is 3.46. The van der Waals surface area contributed by atoms with Crippen LogP contribution in [-0.2, 0) is 10.0 Å². The lowest BCUT2D eigenvalue weighted by atomic mass is 9.69. The van der Waals surface area contributed by atoms with Gasteiger partial charge in [-0.15, -0.1) is 0 Å². The van der Waals surface area contributed by atoms with Crippen LogP contribution in [0.2, 0.25) is 0 Å². The molecule has 146 valence electrons. The Hall–Kier alpha value is -1.91. The van der Waals surface area contributed by atoms with Crippen molar-refractivity contribution in [2.24, 2.45) is 16.7 Å². The largest absolute Gasteiger partial charge is 0.349 e. The number of benzene rings is 1. The Balaban J connectivity index is 1.68. The fraction of sp³-hybridized carbons (Fsp3) is 0.600. The third-order valence-electron chi connectivity index (χ3n) is 7.06. The van der Waals surface area contributed by atoms with Crippen molar-refractivity contribution < 1.29 is 13.2 Å². The number of carbonyl (C=O) groups is 1. The molecule has 7 heteroatoms. The second kappa shape index (κ2) is 6.92. The highest BCUT2D eigenvalue weighted by molar-refractivity contribution is 7.89. The molecular formula is C20H27N3O3S. The summed E-state index contributed by atoms with van der Waals surface area (Å²) in [6.45, 7) is 6.94. The van der Waals surface area contributed by atoms with E-state index < -0.39 is 10.0 Å². The van der Waals surface area contributed by atoms with Crippen molar-refractivity contribution in [3.05, 3.63) is 29.8 Å². The number of nitriles is 1. The van der Waals surface area contributed by atoms with Crippen molar-refractivity contribution in [1.82, 2.24) is 10.0 Å². The fourth-order valence-electron chi connectivity index (χ4n) is 4.77. The van der Waals surface area contributed by atoms with Gasteiger partial charge < -0.3 is 5.32 Å². The Morgan fingerprint density at radius 1 is 1.26 bits per heavy atom. The molecule has 0 spiro atoms. The predicted octanol–water partition coefficient (Wildman–Crippen LogP) is 2.82. The summed E-state index contributed by atoms with van der Waals surface area (Å²) in [5.74, 6) is 0.478. The van der Waals surface area contributed by atoms with E-state index in [-0.39, 0.29) is 40.6 Å². The molecule has 1 aromatic rings. The van der Waals surface area contributed by atoms with Gasteiger partial charge >= 0.3 is 0 Å². The minimum atomic E-state index is -3.66. The van der Waals surface area contributed by atoms with Gasteiger partial charge in [-0.1, -0.05) is 20.8 Å². The van der Waals surface area contributed by atoms with Crippen LogP contribution in [0.4, 0.5) is 0 Å². The maximum Gasteiger partial charge on any atom is 0.251 e. The van der Waals surface area contributed by atoms with Crippen LogP contribution in [0, 0.1) is 28.1 Å². The topological polar surface area (TPSA) is 99.1 Å². The third-order valence-corrected chi connectivity index (χ3v) is 8.53. The lowest BCUT2D eigenvalue weighted by Gasteiger charge is -2.39. The second-order valence-corrected chi connectivity index (χ2v) is 10.2. The summed E-state index contributed by atoms with van der Waals surface area (Å²) in [5.41, 5.74) is 0.773. The molecule has 0 aromatic heterocycles. The van der Waals surface area contributed by atoms with E-state index in [1.165, 1.54) is 30.7 Å². The van der Waals surface area contributed by atoms with Crippen molar-refractivity contribution in [2.75, 3.05) is 6.54 Å². The summed E-state index contributed by atoms with van der Waals surface area (Å²) in [7, 11) is -3.66. The smallest absolute Gasteiger partial charge is 0.251 e. The van der Waals surface area contributed by atoms with E-state index in [9.17, 15) is 13.2 Å². The Morgan fingerprint density at radius 2 is 1.93 bits per heavy atom. The molecule has 1 amide bonds. The van der Waals surface area contributed by atoms with Gasteiger partial charge in [-0.25, -0.2) is 13.1 Å². The van der Waals surface area contributed by atoms with Gasteiger partial charge in [0.05, 0.1) is 11.0 Å². The van der Waals surface area contributed by atoms with E-state index in [1.807, 2.05) is 6.07 Å². The molecule has 0 heterocycles. The van der Waals surface area contributed by atoms with Crippen LogP contribution in [0.5, 0.6) is 0 Å². The van der Waals surface area contributed by atoms with Crippen LogP contribution >= 0.6 is 0 Å². The number of nitrogens with zero attached hydrogens (tertiary/aromatic N) is 1. The zero-order valence-electron chi connectivity index (χ0n) is 16.1. The number of hydrogen-bond donors (Lipinski definition) is 2. The van der Waals surface area contributed by atoms with Gasteiger partial charge in [-0.2, -0.15) is 5.26 Å². The minimum Gasteiger partial charge on any atom is -0.349 e. The molecule has 0 saturated heterocycles. The zero-order chi connectivity index (χ0) is 19.9. The van der Waals surface area contributed by atoms with E-state index in [2.05, 4.69) is 30.8 Å². The number of amides is 1. The van der Waals surface area contributed by atoms with Crippen LogP contribution in [-0.4, -0.2) is 26.9 Å². The first kappa shape index (κ1) is 19.8. The normalized spacial score (nSPS) is 28.7. The zero-order valence-corrected chi connectivity index (χ0v) is 16.9. The third kappa shape index (κ3) is 3.37. The molecule has 0 radical (unpaired) electrons. The van der Waals surface area contributed by atoms with E-state index in [1.54, 1.807) is 0 Å². The molecule has 3 rings (SSSR count). The Labute approximate surface area is 161 Å². The number of fused-ring (bicyclic) bond motifs is 2. The average Bonchev–Trinajstić information content (AvgIpc) is 2.95. The number of hydrogen-bond acceptors (Lipinski definition) is 4. The average molecular weight is 390 g/mol. The highest BCUT2D eigenvalue weighted by atomic mass is 32.2. The Kier molecular flexibility index (Phi) is 5.08. The van der Waals surface area contributed by atoms with E-state index >= 15 is 0 Å². The summed E-state index contributed by atoms with van der Waals surface area (Å²) in [4.78, 5) is 12.8. The second-order valence-electron chi connectivity index (χ2n) is 8.47. The summed E-state index contributed by atoms with van der Waals surface area (Å²) in [5, 5.41) is 11.7. The molecule has 3 unspecified atom stereocenters. The molecule has 3 atom stereocenters. The van der Waals surface area contributed by atoms with Crippen molar-refractivity contribution in [3.8, 4) is 6.07 Å². The Morgan fingerprint density at radius 3 is 2.44 bits per heavy atom. The number of nitrogens with one attached hydrogen (secondary N) is 2. The van der Waals surface area contributed by atoms with Gasteiger partial charge in [-0.05, 0) is 60.3 Å². The number of rotatable bonds is 6. The van der Waals surface area contributed by atoms with Gasteiger partial charge in [0.2, 0.25) is 10.0 Å². The van der Waals surface area contributed by atoms with Crippen LogP contribution in [0.25, 0.3) is 0 Å². The fourth-order valence-corrected chi connectivity index (χ4v) is 5.81. The first-order valence-corrected chi connectivity index (χ1v) is 10.9. The number of sulfonamides is 1. The molecule has 2 N–H and O–H groups in total. The first-order valence-electron chi connectivity index (χ1n) is 9.39. The van der Waals surface area contributed by atoms with Crippen molar-refractivity contribution in [1.29, 1.82) is 5.26 Å².